The monoisotopic (exact) mass is 307 g/mol. The predicted octanol–water partition coefficient (Wildman–Crippen LogP) is -1.94. The average molecular weight is 307 g/mol. The summed E-state index contributed by atoms with van der Waals surface area (Å²) in [6.45, 7) is 9.86. The average Bonchev–Trinajstić information content (AvgIpc) is 2.74. The summed E-state index contributed by atoms with van der Waals surface area (Å²) in [4.78, 5) is 39.7. The van der Waals surface area contributed by atoms with Crippen molar-refractivity contribution in [2.45, 2.75) is 13.8 Å². The Morgan fingerprint density at radius 1 is 1.24 bits per heavy atom. The van der Waals surface area contributed by atoms with Crippen LogP contribution in [0.5, 0.6) is 0 Å². The van der Waals surface area contributed by atoms with Crippen LogP contribution in [0.2, 0.25) is 0 Å². The van der Waals surface area contributed by atoms with Crippen LogP contribution >= 0.6 is 0 Å². The van der Waals surface area contributed by atoms with Gasteiger partial charge in [-0.05, 0) is 6.92 Å². The Bertz CT molecular complexity index is 397. The Kier molecular flexibility index (Phi) is 18.9. The fourth-order valence-electron chi connectivity index (χ4n) is 0.622. The van der Waals surface area contributed by atoms with Crippen LogP contribution < -0.4 is 29.6 Å². The molecule has 0 N–H and O–H groups in total. The first-order chi connectivity index (χ1) is 9.37. The summed E-state index contributed by atoms with van der Waals surface area (Å²) in [5.74, 6) is -1.84. The Labute approximate surface area is 144 Å². The van der Waals surface area contributed by atoms with Gasteiger partial charge in [0.2, 0.25) is 0 Å². The minimum atomic E-state index is -0.579. The van der Waals surface area contributed by atoms with E-state index in [2.05, 4.69) is 27.4 Å². The van der Waals surface area contributed by atoms with Crippen molar-refractivity contribution < 1.29 is 62.9 Å². The Morgan fingerprint density at radius 3 is 1.81 bits per heavy atom. The third-order valence-corrected chi connectivity index (χ3v) is 1.26. The molecular formula is C13H16NaO7+. The fourth-order valence-corrected chi connectivity index (χ4v) is 0.622. The molecule has 7 nitrogen and oxygen atoms in total. The van der Waals surface area contributed by atoms with Crippen molar-refractivity contribution in [3.8, 4) is 0 Å². The number of carbonyl (C=O) groups is 4. The summed E-state index contributed by atoms with van der Waals surface area (Å²) < 4.78 is 12.6. The normalized spacial score (nSPS) is 10.4. The number of hydrogen-bond acceptors (Lipinski definition) is 7. The van der Waals surface area contributed by atoms with Crippen LogP contribution in [-0.2, 0) is 33.4 Å². The summed E-state index contributed by atoms with van der Waals surface area (Å²) in [5, 5.41) is 0. The quantitative estimate of drug-likeness (QED) is 0.149. The van der Waals surface area contributed by atoms with Crippen LogP contribution in [0, 0.1) is 0 Å². The first-order valence-corrected chi connectivity index (χ1v) is 5.38. The molecule has 110 valence electrons. The van der Waals surface area contributed by atoms with Crippen LogP contribution in [0.25, 0.3) is 0 Å². The van der Waals surface area contributed by atoms with Crippen molar-refractivity contribution in [1.29, 1.82) is 0 Å². The first kappa shape index (κ1) is 24.3. The molecule has 1 aliphatic rings. The van der Waals surface area contributed by atoms with Crippen LogP contribution in [-0.4, -0.2) is 30.5 Å². The van der Waals surface area contributed by atoms with Crippen molar-refractivity contribution in [2.75, 3.05) is 6.61 Å². The van der Waals surface area contributed by atoms with E-state index < -0.39 is 11.9 Å². The van der Waals surface area contributed by atoms with Crippen molar-refractivity contribution in [1.82, 2.24) is 0 Å². The molecule has 21 heavy (non-hydrogen) atoms. The van der Waals surface area contributed by atoms with Gasteiger partial charge in [0.05, 0.1) is 12.9 Å². The zero-order valence-corrected chi connectivity index (χ0v) is 14.3. The van der Waals surface area contributed by atoms with Crippen LogP contribution in [0.15, 0.2) is 37.6 Å². The maximum Gasteiger partial charge on any atom is 1.00 e. The predicted molar refractivity (Wildman–Crippen MR) is 69.0 cm³/mol. The molecule has 0 aromatic heterocycles. The molecule has 1 heterocycles. The van der Waals surface area contributed by atoms with E-state index in [9.17, 15) is 19.2 Å². The number of hydrogen-bond donors (Lipinski definition) is 0. The van der Waals surface area contributed by atoms with E-state index in [1.54, 1.807) is 6.92 Å². The second-order valence-corrected chi connectivity index (χ2v) is 2.81. The van der Waals surface area contributed by atoms with Crippen molar-refractivity contribution in [2.24, 2.45) is 0 Å². The summed E-state index contributed by atoms with van der Waals surface area (Å²) in [5.41, 5.74) is 0. The van der Waals surface area contributed by atoms with Gasteiger partial charge >= 0.3 is 53.4 Å². The summed E-state index contributed by atoms with van der Waals surface area (Å²) in [7, 11) is 0. The van der Waals surface area contributed by atoms with E-state index in [0.717, 1.165) is 24.5 Å². The van der Waals surface area contributed by atoms with E-state index in [1.807, 2.05) is 0 Å². The number of cyclic esters (lactones) is 2. The molecule has 0 bridgehead atoms. The van der Waals surface area contributed by atoms with E-state index >= 15 is 0 Å². The molecule has 0 atom stereocenters. The van der Waals surface area contributed by atoms with Gasteiger partial charge in [0.15, 0.2) is 0 Å². The van der Waals surface area contributed by atoms with Gasteiger partial charge in [-0.3, -0.25) is 4.79 Å². The molecular weight excluding hydrogens is 291 g/mol. The standard InChI is InChI=1S/C5H8O2.C4H2O3.C4H6O2.Na/c1-3-5(6)7-4-2;5-3-1-2-4(6)7-3;1-3-6-4(2)5;/h3H,1,4H2,2H3;1-2H;3H,1H2,2H3;/q;;;+1. The molecule has 0 unspecified atom stereocenters. The molecule has 0 fully saturated rings. The van der Waals surface area contributed by atoms with Gasteiger partial charge < -0.3 is 14.2 Å². The topological polar surface area (TPSA) is 96.0 Å². The number of rotatable bonds is 3. The van der Waals surface area contributed by atoms with Gasteiger partial charge in [-0.25, -0.2) is 14.4 Å². The number of ether oxygens (including phenoxy) is 3. The van der Waals surface area contributed by atoms with Gasteiger partial charge in [-0.2, -0.15) is 0 Å². The van der Waals surface area contributed by atoms with E-state index in [0.29, 0.717) is 6.61 Å². The third-order valence-electron chi connectivity index (χ3n) is 1.26. The molecule has 0 saturated heterocycles. The van der Waals surface area contributed by atoms with Crippen LogP contribution in [0.3, 0.4) is 0 Å². The third kappa shape index (κ3) is 20.8. The minimum Gasteiger partial charge on any atom is -0.463 e. The maximum atomic E-state index is 10.1. The Morgan fingerprint density at radius 2 is 1.71 bits per heavy atom. The molecule has 0 radical (unpaired) electrons. The Balaban J connectivity index is -0.000000227. The fraction of sp³-hybridized carbons (Fsp3) is 0.231. The second kappa shape index (κ2) is 16.4. The molecule has 1 aliphatic heterocycles. The Hall–Kier alpha value is -1.70. The largest absolute Gasteiger partial charge is 1.00 e. The molecule has 0 spiro atoms. The van der Waals surface area contributed by atoms with Gasteiger partial charge in [-0.1, -0.05) is 13.2 Å². The molecule has 1 rings (SSSR count). The number of esters is 4. The molecule has 0 saturated carbocycles. The van der Waals surface area contributed by atoms with E-state index in [1.165, 1.54) is 6.92 Å². The smallest absolute Gasteiger partial charge is 0.463 e. The second-order valence-electron chi connectivity index (χ2n) is 2.81. The van der Waals surface area contributed by atoms with Gasteiger partial charge in [0.25, 0.3) is 0 Å². The maximum absolute atomic E-state index is 10.1. The van der Waals surface area contributed by atoms with E-state index in [4.69, 9.17) is 0 Å². The zero-order valence-electron chi connectivity index (χ0n) is 12.3. The van der Waals surface area contributed by atoms with Crippen molar-refractivity contribution >= 4 is 23.9 Å². The van der Waals surface area contributed by atoms with Crippen LogP contribution in [0.1, 0.15) is 13.8 Å². The summed E-state index contributed by atoms with van der Waals surface area (Å²) in [6, 6.07) is 0. The van der Waals surface area contributed by atoms with Crippen molar-refractivity contribution in [3.05, 3.63) is 37.6 Å². The molecule has 0 aliphatic carbocycles. The molecule has 8 heteroatoms. The zero-order chi connectivity index (χ0) is 16.0. The van der Waals surface area contributed by atoms with E-state index in [-0.39, 0.29) is 41.5 Å². The minimum absolute atomic E-state index is 0. The van der Waals surface area contributed by atoms with Crippen LogP contribution in [0.4, 0.5) is 0 Å². The summed E-state index contributed by atoms with van der Waals surface area (Å²) >= 11 is 0. The van der Waals surface area contributed by atoms with Gasteiger partial charge in [0.1, 0.15) is 0 Å². The first-order valence-electron chi connectivity index (χ1n) is 5.38. The van der Waals surface area contributed by atoms with Gasteiger partial charge in [0, 0.05) is 25.2 Å². The SMILES string of the molecule is C=CC(=O)OCC.C=COC(C)=O.O=C1C=CC(=O)O1.[Na+]. The number of carbonyl (C=O) groups excluding carboxylic acids is 4. The van der Waals surface area contributed by atoms with Gasteiger partial charge in [-0.15, -0.1) is 0 Å². The molecule has 0 aromatic rings. The molecule has 0 aromatic carbocycles. The summed E-state index contributed by atoms with van der Waals surface area (Å²) in [6.07, 6.45) is 4.41. The van der Waals surface area contributed by atoms with Crippen molar-refractivity contribution in [3.63, 3.8) is 0 Å². The molecule has 0 amide bonds.